The number of tetrazole rings is 1. The number of rotatable bonds is 4. The highest BCUT2D eigenvalue weighted by Crippen LogP contribution is 2.34. The molecule has 23 heavy (non-hydrogen) atoms. The second-order valence-corrected chi connectivity index (χ2v) is 4.98. The largest absolute Gasteiger partial charge is 0.489 e. The predicted molar refractivity (Wildman–Crippen MR) is 80.9 cm³/mol. The molecule has 7 heteroatoms. The molecule has 0 aliphatic carbocycles. The number of hydrogen-bond acceptors (Lipinski definition) is 6. The van der Waals surface area contributed by atoms with Gasteiger partial charge < -0.3 is 14.2 Å². The fourth-order valence-electron chi connectivity index (χ4n) is 2.38. The Morgan fingerprint density at radius 1 is 1.04 bits per heavy atom. The first kappa shape index (κ1) is 13.6. The monoisotopic (exact) mass is 310 g/mol. The Morgan fingerprint density at radius 3 is 2.74 bits per heavy atom. The average Bonchev–Trinajstić information content (AvgIpc) is 3.15. The number of nitrogens with zero attached hydrogens (tertiary/aromatic N) is 4. The Balaban J connectivity index is 1.47. The molecule has 2 heterocycles. The van der Waals surface area contributed by atoms with Crippen LogP contribution in [-0.2, 0) is 6.61 Å². The minimum Gasteiger partial charge on any atom is -0.489 e. The third-order valence-corrected chi connectivity index (χ3v) is 3.49. The van der Waals surface area contributed by atoms with Gasteiger partial charge in [0.05, 0.1) is 5.69 Å². The summed E-state index contributed by atoms with van der Waals surface area (Å²) in [6.45, 7) is 1.55. The molecule has 0 radical (unpaired) electrons. The molecule has 0 saturated carbocycles. The van der Waals surface area contributed by atoms with Gasteiger partial charge in [-0.3, -0.25) is 0 Å². The van der Waals surface area contributed by atoms with Crippen LogP contribution in [0.3, 0.4) is 0 Å². The van der Waals surface area contributed by atoms with E-state index in [4.69, 9.17) is 14.2 Å². The van der Waals surface area contributed by atoms with E-state index in [9.17, 15) is 0 Å². The fourth-order valence-corrected chi connectivity index (χ4v) is 2.38. The third-order valence-electron chi connectivity index (χ3n) is 3.49. The van der Waals surface area contributed by atoms with Crippen molar-refractivity contribution >= 4 is 0 Å². The molecule has 0 fully saturated rings. The van der Waals surface area contributed by atoms with Crippen LogP contribution < -0.4 is 14.2 Å². The second kappa shape index (κ2) is 5.96. The maximum Gasteiger partial charge on any atom is 0.167 e. The molecule has 0 atom stereocenters. The van der Waals surface area contributed by atoms with Crippen molar-refractivity contribution in [3.63, 3.8) is 0 Å². The van der Waals surface area contributed by atoms with Gasteiger partial charge in [0.15, 0.2) is 11.5 Å². The van der Waals surface area contributed by atoms with Gasteiger partial charge in [-0.1, -0.05) is 12.1 Å². The number of ether oxygens (including phenoxy) is 3. The Labute approximate surface area is 132 Å². The highest BCUT2D eigenvalue weighted by molar-refractivity contribution is 5.47. The van der Waals surface area contributed by atoms with Crippen LogP contribution in [0.1, 0.15) is 5.56 Å². The van der Waals surface area contributed by atoms with E-state index in [-0.39, 0.29) is 0 Å². The van der Waals surface area contributed by atoms with Crippen LogP contribution in [0.4, 0.5) is 0 Å². The van der Waals surface area contributed by atoms with Gasteiger partial charge in [-0.25, -0.2) is 4.68 Å². The summed E-state index contributed by atoms with van der Waals surface area (Å²) in [7, 11) is 0. The lowest BCUT2D eigenvalue weighted by molar-refractivity contribution is 0.166. The van der Waals surface area contributed by atoms with Gasteiger partial charge in [-0.05, 0) is 40.8 Å². The summed E-state index contributed by atoms with van der Waals surface area (Å²) in [5.41, 5.74) is 1.84. The molecule has 0 bridgehead atoms. The topological polar surface area (TPSA) is 71.3 Å². The highest BCUT2D eigenvalue weighted by atomic mass is 16.6. The van der Waals surface area contributed by atoms with Crippen LogP contribution in [0.2, 0.25) is 0 Å². The van der Waals surface area contributed by atoms with E-state index in [1.807, 2.05) is 42.5 Å². The smallest absolute Gasteiger partial charge is 0.167 e. The first-order chi connectivity index (χ1) is 11.4. The van der Waals surface area contributed by atoms with Crippen molar-refractivity contribution < 1.29 is 14.2 Å². The summed E-state index contributed by atoms with van der Waals surface area (Å²) < 4.78 is 18.7. The van der Waals surface area contributed by atoms with Crippen LogP contribution in [0.5, 0.6) is 17.2 Å². The van der Waals surface area contributed by atoms with Gasteiger partial charge in [0.2, 0.25) is 0 Å². The van der Waals surface area contributed by atoms with Crippen LogP contribution >= 0.6 is 0 Å². The Kier molecular flexibility index (Phi) is 3.51. The maximum absolute atomic E-state index is 5.83. The molecule has 1 aliphatic heterocycles. The summed E-state index contributed by atoms with van der Waals surface area (Å²) in [6, 6.07) is 13.4. The number of fused-ring (bicyclic) bond motifs is 1. The summed E-state index contributed by atoms with van der Waals surface area (Å²) in [5, 5.41) is 11.1. The van der Waals surface area contributed by atoms with Gasteiger partial charge in [0.1, 0.15) is 31.9 Å². The number of aromatic nitrogens is 4. The highest BCUT2D eigenvalue weighted by Gasteiger charge is 2.15. The summed E-state index contributed by atoms with van der Waals surface area (Å²) in [6.07, 6.45) is 1.55. The Hall–Kier alpha value is -3.09. The summed E-state index contributed by atoms with van der Waals surface area (Å²) in [5.74, 6) is 2.30. The van der Waals surface area contributed by atoms with Crippen molar-refractivity contribution in [2.24, 2.45) is 0 Å². The first-order valence-corrected chi connectivity index (χ1v) is 7.24. The van der Waals surface area contributed by atoms with Crippen molar-refractivity contribution in [2.45, 2.75) is 6.61 Å². The SMILES string of the molecule is c1cc(COc2ccc(-n3cnnn3)cc2)c2c(c1)OCCO2. The van der Waals surface area contributed by atoms with Crippen LogP contribution in [0.25, 0.3) is 5.69 Å². The summed E-state index contributed by atoms with van der Waals surface area (Å²) >= 11 is 0. The molecule has 4 rings (SSSR count). The quantitative estimate of drug-likeness (QED) is 0.734. The zero-order valence-electron chi connectivity index (χ0n) is 12.3. The number of hydrogen-bond donors (Lipinski definition) is 0. The molecule has 1 aromatic heterocycles. The lowest BCUT2D eigenvalue weighted by Crippen LogP contribution is -2.17. The average molecular weight is 310 g/mol. The van der Waals surface area contributed by atoms with Gasteiger partial charge in [0.25, 0.3) is 0 Å². The van der Waals surface area contributed by atoms with E-state index in [2.05, 4.69) is 15.5 Å². The Morgan fingerprint density at radius 2 is 1.91 bits per heavy atom. The van der Waals surface area contributed by atoms with Crippen molar-refractivity contribution in [3.05, 3.63) is 54.4 Å². The van der Waals surface area contributed by atoms with E-state index >= 15 is 0 Å². The van der Waals surface area contributed by atoms with Crippen LogP contribution in [0.15, 0.2) is 48.8 Å². The van der Waals surface area contributed by atoms with Crippen molar-refractivity contribution in [1.29, 1.82) is 0 Å². The fraction of sp³-hybridized carbons (Fsp3) is 0.188. The molecule has 0 spiro atoms. The molecular formula is C16H14N4O3. The normalized spacial score (nSPS) is 12.9. The van der Waals surface area contributed by atoms with E-state index in [0.717, 1.165) is 28.5 Å². The van der Waals surface area contributed by atoms with E-state index < -0.39 is 0 Å². The van der Waals surface area contributed by atoms with Crippen LogP contribution in [-0.4, -0.2) is 33.4 Å². The molecule has 0 amide bonds. The Bertz CT molecular complexity index is 788. The zero-order chi connectivity index (χ0) is 15.5. The van der Waals surface area contributed by atoms with Gasteiger partial charge in [0, 0.05) is 5.56 Å². The molecule has 2 aromatic carbocycles. The van der Waals surface area contributed by atoms with Gasteiger partial charge in [-0.2, -0.15) is 0 Å². The molecule has 3 aromatic rings. The maximum atomic E-state index is 5.83. The number of para-hydroxylation sites is 1. The lowest BCUT2D eigenvalue weighted by Gasteiger charge is -2.21. The molecule has 116 valence electrons. The zero-order valence-corrected chi connectivity index (χ0v) is 12.3. The standard InChI is InChI=1S/C16H14N4O3/c1-2-12(16-15(3-1)21-8-9-22-16)10-23-14-6-4-13(5-7-14)20-11-17-18-19-20/h1-7,11H,8-10H2. The minimum atomic E-state index is 0.413. The van der Waals surface area contributed by atoms with Crippen molar-refractivity contribution in [3.8, 4) is 22.9 Å². The number of benzene rings is 2. The second-order valence-electron chi connectivity index (χ2n) is 4.98. The van der Waals surface area contributed by atoms with E-state index in [0.29, 0.717) is 19.8 Å². The van der Waals surface area contributed by atoms with Crippen molar-refractivity contribution in [1.82, 2.24) is 20.2 Å². The first-order valence-electron chi connectivity index (χ1n) is 7.24. The lowest BCUT2D eigenvalue weighted by atomic mass is 10.2. The van der Waals surface area contributed by atoms with E-state index in [1.165, 1.54) is 0 Å². The molecule has 0 N–H and O–H groups in total. The third kappa shape index (κ3) is 2.80. The van der Waals surface area contributed by atoms with Gasteiger partial charge >= 0.3 is 0 Å². The molecular weight excluding hydrogens is 296 g/mol. The summed E-state index contributed by atoms with van der Waals surface area (Å²) in [4.78, 5) is 0. The molecule has 0 saturated heterocycles. The van der Waals surface area contributed by atoms with Crippen molar-refractivity contribution in [2.75, 3.05) is 13.2 Å². The van der Waals surface area contributed by atoms with E-state index in [1.54, 1.807) is 11.0 Å². The minimum absolute atomic E-state index is 0.413. The molecule has 0 unspecified atom stereocenters. The van der Waals surface area contributed by atoms with Crippen LogP contribution in [0, 0.1) is 0 Å². The van der Waals surface area contributed by atoms with Gasteiger partial charge in [-0.15, -0.1) is 5.10 Å². The molecule has 7 nitrogen and oxygen atoms in total. The predicted octanol–water partition coefficient (Wildman–Crippen LogP) is 2.01. The molecule has 1 aliphatic rings.